The van der Waals surface area contributed by atoms with Crippen LogP contribution in [-0.2, 0) is 6.42 Å². The largest absolute Gasteiger partial charge is 0.457 e. The number of thioether (sulfide) groups is 1. The fourth-order valence-corrected chi connectivity index (χ4v) is 3.55. The van der Waals surface area contributed by atoms with E-state index >= 15 is 0 Å². The van der Waals surface area contributed by atoms with Crippen LogP contribution in [0.5, 0.6) is 11.5 Å². The molecule has 0 heterocycles. The summed E-state index contributed by atoms with van der Waals surface area (Å²) in [5.41, 5.74) is -3.75. The first kappa shape index (κ1) is 17.6. The quantitative estimate of drug-likeness (QED) is 0.605. The Morgan fingerprint density at radius 3 is 2.68 bits per heavy atom. The van der Waals surface area contributed by atoms with Crippen LogP contribution in [0.1, 0.15) is 29.2 Å². The van der Waals surface area contributed by atoms with Gasteiger partial charge in [0.1, 0.15) is 17.3 Å². The average molecular weight is 369 g/mol. The van der Waals surface area contributed by atoms with Crippen LogP contribution in [0.4, 0.5) is 17.6 Å². The van der Waals surface area contributed by atoms with Gasteiger partial charge in [-0.1, -0.05) is 0 Å². The lowest BCUT2D eigenvalue weighted by molar-refractivity contribution is -0.0328. The molecule has 0 amide bonds. The zero-order valence-corrected chi connectivity index (χ0v) is 13.4. The molecular formula is C17H11F4NO2S. The molecule has 3 nitrogen and oxygen atoms in total. The minimum Gasteiger partial charge on any atom is -0.457 e. The molecule has 1 aliphatic rings. The zero-order chi connectivity index (χ0) is 18.2. The van der Waals surface area contributed by atoms with Crippen LogP contribution in [0.3, 0.4) is 0 Å². The number of fused-ring (bicyclic) bond motifs is 1. The smallest absolute Gasteiger partial charge is 0.446 e. The normalized spacial score (nSPS) is 16.4. The Hall–Kier alpha value is -2.24. The van der Waals surface area contributed by atoms with Gasteiger partial charge in [0, 0.05) is 22.1 Å². The number of ether oxygens (including phenoxy) is 1. The molecule has 0 spiro atoms. The maximum atomic E-state index is 13.5. The standard InChI is InChI=1S/C17H11F4NO2S/c18-10-5-9(8-22)6-11(7-10)24-14-3-4-15(25-17(19,20)21)16-12(14)1-2-13(16)23/h3-7,13,23H,1-2H2. The number of rotatable bonds is 3. The van der Waals surface area contributed by atoms with Crippen LogP contribution in [0, 0.1) is 17.1 Å². The summed E-state index contributed by atoms with van der Waals surface area (Å²) in [5, 5.41) is 18.9. The van der Waals surface area contributed by atoms with Gasteiger partial charge >= 0.3 is 5.51 Å². The predicted molar refractivity (Wildman–Crippen MR) is 82.8 cm³/mol. The van der Waals surface area contributed by atoms with Crippen molar-refractivity contribution in [1.29, 1.82) is 5.26 Å². The highest BCUT2D eigenvalue weighted by Crippen LogP contribution is 2.47. The van der Waals surface area contributed by atoms with Crippen LogP contribution in [0.2, 0.25) is 0 Å². The summed E-state index contributed by atoms with van der Waals surface area (Å²) in [7, 11) is 0. The van der Waals surface area contributed by atoms with Crippen molar-refractivity contribution in [2.75, 3.05) is 0 Å². The number of aliphatic hydroxyl groups excluding tert-OH is 1. The summed E-state index contributed by atoms with van der Waals surface area (Å²) < 4.78 is 57.2. The third-order valence-corrected chi connectivity index (χ3v) is 4.54. The molecule has 0 aromatic heterocycles. The van der Waals surface area contributed by atoms with E-state index in [1.807, 2.05) is 0 Å². The molecule has 1 unspecified atom stereocenters. The summed E-state index contributed by atoms with van der Waals surface area (Å²) in [6.07, 6.45) is -0.378. The second-order valence-electron chi connectivity index (χ2n) is 5.45. The first-order valence-electron chi connectivity index (χ1n) is 7.25. The molecule has 2 aromatic rings. The number of benzene rings is 2. The van der Waals surface area contributed by atoms with Crippen molar-refractivity contribution < 1.29 is 27.4 Å². The van der Waals surface area contributed by atoms with Crippen LogP contribution >= 0.6 is 11.8 Å². The number of alkyl halides is 3. The van der Waals surface area contributed by atoms with Crippen molar-refractivity contribution in [3.05, 3.63) is 52.8 Å². The van der Waals surface area contributed by atoms with Crippen molar-refractivity contribution in [2.24, 2.45) is 0 Å². The molecule has 1 atom stereocenters. The Morgan fingerprint density at radius 2 is 2.00 bits per heavy atom. The summed E-state index contributed by atoms with van der Waals surface area (Å²) in [6.45, 7) is 0. The molecule has 25 heavy (non-hydrogen) atoms. The fourth-order valence-electron chi connectivity index (χ4n) is 2.79. The maximum absolute atomic E-state index is 13.5. The summed E-state index contributed by atoms with van der Waals surface area (Å²) in [6, 6.07) is 7.85. The van der Waals surface area contributed by atoms with Crippen LogP contribution in [0.15, 0.2) is 35.2 Å². The molecule has 2 aromatic carbocycles. The van der Waals surface area contributed by atoms with Gasteiger partial charge in [-0.3, -0.25) is 0 Å². The SMILES string of the molecule is N#Cc1cc(F)cc(Oc2ccc(SC(F)(F)F)c3c2CCC3O)c1. The third kappa shape index (κ3) is 3.89. The van der Waals surface area contributed by atoms with Gasteiger partial charge in [0.05, 0.1) is 17.7 Å². The van der Waals surface area contributed by atoms with E-state index in [1.54, 1.807) is 6.07 Å². The topological polar surface area (TPSA) is 53.2 Å². The van der Waals surface area contributed by atoms with Gasteiger partial charge in [-0.2, -0.15) is 18.4 Å². The average Bonchev–Trinajstić information content (AvgIpc) is 2.90. The van der Waals surface area contributed by atoms with Gasteiger partial charge in [-0.25, -0.2) is 4.39 Å². The van der Waals surface area contributed by atoms with E-state index in [1.165, 1.54) is 18.2 Å². The lowest BCUT2D eigenvalue weighted by Gasteiger charge is -2.16. The number of hydrogen-bond acceptors (Lipinski definition) is 4. The molecule has 8 heteroatoms. The molecule has 0 radical (unpaired) electrons. The highest BCUT2D eigenvalue weighted by Gasteiger charge is 2.35. The van der Waals surface area contributed by atoms with Gasteiger partial charge < -0.3 is 9.84 Å². The van der Waals surface area contributed by atoms with Gasteiger partial charge in [0.2, 0.25) is 0 Å². The molecule has 1 N–H and O–H groups in total. The van der Waals surface area contributed by atoms with Crippen molar-refractivity contribution in [3.63, 3.8) is 0 Å². The first-order valence-corrected chi connectivity index (χ1v) is 8.06. The van der Waals surface area contributed by atoms with E-state index < -0.39 is 17.4 Å². The van der Waals surface area contributed by atoms with Gasteiger partial charge in [0.25, 0.3) is 0 Å². The number of nitriles is 1. The Morgan fingerprint density at radius 1 is 1.24 bits per heavy atom. The van der Waals surface area contributed by atoms with E-state index in [0.717, 1.165) is 12.1 Å². The highest BCUT2D eigenvalue weighted by atomic mass is 32.2. The first-order chi connectivity index (χ1) is 11.8. The summed E-state index contributed by atoms with van der Waals surface area (Å²) in [4.78, 5) is -0.0724. The second-order valence-corrected chi connectivity index (χ2v) is 6.55. The molecule has 1 aliphatic carbocycles. The van der Waals surface area contributed by atoms with Crippen LogP contribution < -0.4 is 4.74 Å². The maximum Gasteiger partial charge on any atom is 0.446 e. The highest BCUT2D eigenvalue weighted by molar-refractivity contribution is 8.00. The minimum absolute atomic E-state index is 0.0657. The van der Waals surface area contributed by atoms with E-state index in [9.17, 15) is 22.7 Å². The fraction of sp³-hybridized carbons (Fsp3) is 0.235. The number of halogens is 4. The van der Waals surface area contributed by atoms with E-state index in [-0.39, 0.29) is 45.7 Å². The predicted octanol–water partition coefficient (Wildman–Crippen LogP) is 5.08. The van der Waals surface area contributed by atoms with Crippen molar-refractivity contribution in [1.82, 2.24) is 0 Å². The van der Waals surface area contributed by atoms with E-state index in [4.69, 9.17) is 10.00 Å². The van der Waals surface area contributed by atoms with Crippen LogP contribution in [0.25, 0.3) is 0 Å². The van der Waals surface area contributed by atoms with E-state index in [0.29, 0.717) is 12.0 Å². The monoisotopic (exact) mass is 369 g/mol. The van der Waals surface area contributed by atoms with Gasteiger partial charge in [-0.15, -0.1) is 0 Å². The summed E-state index contributed by atoms with van der Waals surface area (Å²) >= 11 is -0.285. The zero-order valence-electron chi connectivity index (χ0n) is 12.6. The molecular weight excluding hydrogens is 358 g/mol. The lowest BCUT2D eigenvalue weighted by Crippen LogP contribution is -2.03. The second kappa shape index (κ2) is 6.58. The Kier molecular flexibility index (Phi) is 4.62. The molecule has 0 aliphatic heterocycles. The van der Waals surface area contributed by atoms with Gasteiger partial charge in [-0.05, 0) is 48.9 Å². The third-order valence-electron chi connectivity index (χ3n) is 3.73. The number of nitrogens with zero attached hydrogens (tertiary/aromatic N) is 1. The molecule has 0 saturated heterocycles. The Labute approximate surface area is 144 Å². The number of aliphatic hydroxyl groups is 1. The molecule has 0 fully saturated rings. The van der Waals surface area contributed by atoms with Crippen LogP contribution in [-0.4, -0.2) is 10.6 Å². The molecule has 0 bridgehead atoms. The summed E-state index contributed by atoms with van der Waals surface area (Å²) in [5.74, 6) is -0.348. The molecule has 130 valence electrons. The minimum atomic E-state index is -4.47. The van der Waals surface area contributed by atoms with Crippen molar-refractivity contribution in [2.45, 2.75) is 29.3 Å². The number of hydrogen-bond donors (Lipinski definition) is 1. The molecule has 3 rings (SSSR count). The lowest BCUT2D eigenvalue weighted by atomic mass is 10.1. The Balaban J connectivity index is 1.99. The van der Waals surface area contributed by atoms with Crippen molar-refractivity contribution in [3.8, 4) is 17.6 Å². The van der Waals surface area contributed by atoms with Crippen molar-refractivity contribution >= 4 is 11.8 Å². The Bertz CT molecular complexity index is 861. The van der Waals surface area contributed by atoms with Gasteiger partial charge in [0.15, 0.2) is 0 Å². The molecule has 0 saturated carbocycles. The van der Waals surface area contributed by atoms with E-state index in [2.05, 4.69) is 0 Å².